The van der Waals surface area contributed by atoms with Gasteiger partial charge in [0.25, 0.3) is 11.1 Å². The lowest BCUT2D eigenvalue weighted by molar-refractivity contribution is -0.123. The van der Waals surface area contributed by atoms with Crippen molar-refractivity contribution in [3.8, 4) is 11.4 Å². The second-order valence-corrected chi connectivity index (χ2v) is 7.34. The van der Waals surface area contributed by atoms with Crippen molar-refractivity contribution in [1.82, 2.24) is 9.47 Å². The first-order chi connectivity index (χ1) is 14.5. The number of thioether (sulfide) groups is 1. The van der Waals surface area contributed by atoms with Crippen LogP contribution in [-0.4, -0.2) is 38.8 Å². The van der Waals surface area contributed by atoms with Crippen LogP contribution in [0.4, 0.5) is 4.79 Å². The van der Waals surface area contributed by atoms with Gasteiger partial charge in [0.15, 0.2) is 0 Å². The number of nitrogens with zero attached hydrogens (tertiary/aromatic N) is 2. The maximum Gasteiger partial charge on any atom is 0.373 e. The van der Waals surface area contributed by atoms with Crippen molar-refractivity contribution >= 4 is 35.0 Å². The number of phenolic OH excluding ortho intramolecular Hbond substituents is 1. The molecule has 0 bridgehead atoms. The molecule has 1 saturated heterocycles. The van der Waals surface area contributed by atoms with Crippen LogP contribution in [0.25, 0.3) is 11.8 Å². The van der Waals surface area contributed by atoms with Gasteiger partial charge in [-0.1, -0.05) is 0 Å². The minimum atomic E-state index is -0.634. The number of furan rings is 1. The number of benzene rings is 1. The Morgan fingerprint density at radius 3 is 2.67 bits per heavy atom. The predicted octanol–water partition coefficient (Wildman–Crippen LogP) is 3.80. The van der Waals surface area contributed by atoms with E-state index in [2.05, 4.69) is 4.74 Å². The molecular formula is C21H16N2O6S. The molecule has 1 aliphatic rings. The van der Waals surface area contributed by atoms with E-state index in [4.69, 9.17) is 4.42 Å². The molecule has 9 heteroatoms. The zero-order chi connectivity index (χ0) is 21.3. The van der Waals surface area contributed by atoms with Gasteiger partial charge in [-0.25, -0.2) is 4.79 Å². The van der Waals surface area contributed by atoms with Gasteiger partial charge in [-0.05, 0) is 66.4 Å². The van der Waals surface area contributed by atoms with Crippen molar-refractivity contribution < 1.29 is 28.6 Å². The monoisotopic (exact) mass is 424 g/mol. The molecule has 1 aromatic carbocycles. The van der Waals surface area contributed by atoms with Crippen LogP contribution < -0.4 is 0 Å². The number of hydrogen-bond donors (Lipinski definition) is 1. The Hall–Kier alpha value is -3.72. The van der Waals surface area contributed by atoms with Crippen LogP contribution in [0.15, 0.2) is 64.1 Å². The number of hydrogen-bond acceptors (Lipinski definition) is 7. The van der Waals surface area contributed by atoms with E-state index in [1.807, 2.05) is 22.9 Å². The summed E-state index contributed by atoms with van der Waals surface area (Å²) in [4.78, 5) is 38.0. The lowest BCUT2D eigenvalue weighted by atomic mass is 10.3. The van der Waals surface area contributed by atoms with E-state index in [9.17, 15) is 19.5 Å². The lowest BCUT2D eigenvalue weighted by Crippen LogP contribution is -2.27. The van der Waals surface area contributed by atoms with Crippen LogP contribution >= 0.6 is 11.8 Å². The van der Waals surface area contributed by atoms with Crippen molar-refractivity contribution in [2.24, 2.45) is 0 Å². The number of aromatic nitrogens is 1. The van der Waals surface area contributed by atoms with Gasteiger partial charge in [-0.15, -0.1) is 0 Å². The lowest BCUT2D eigenvalue weighted by Gasteiger charge is -2.10. The molecule has 4 rings (SSSR count). The molecule has 1 N–H and O–H groups in total. The minimum Gasteiger partial charge on any atom is -0.508 e. The van der Waals surface area contributed by atoms with Crippen molar-refractivity contribution in [1.29, 1.82) is 0 Å². The van der Waals surface area contributed by atoms with E-state index in [-0.39, 0.29) is 23.0 Å². The van der Waals surface area contributed by atoms with E-state index >= 15 is 0 Å². The Balaban J connectivity index is 1.55. The molecule has 0 spiro atoms. The van der Waals surface area contributed by atoms with Crippen LogP contribution in [0, 0.1) is 0 Å². The molecule has 3 heterocycles. The molecule has 152 valence electrons. The fraction of sp³-hybridized carbons (Fsp3) is 0.0952. The number of methoxy groups -OCH3 is 1. The molecule has 0 unspecified atom stereocenters. The summed E-state index contributed by atoms with van der Waals surface area (Å²) < 4.78 is 11.8. The number of rotatable bonds is 5. The Bertz CT molecular complexity index is 1160. The summed E-state index contributed by atoms with van der Waals surface area (Å²) >= 11 is 0.835. The fourth-order valence-electron chi connectivity index (χ4n) is 2.96. The normalized spacial score (nSPS) is 15.2. The SMILES string of the molecule is COC(=O)c1ccc(CN2C(=O)SC(=Cc3cccn3-c3ccc(O)cc3)C2=O)o1. The Kier molecular flexibility index (Phi) is 5.20. The third-order valence-corrected chi connectivity index (χ3v) is 5.33. The van der Waals surface area contributed by atoms with Gasteiger partial charge in [0.1, 0.15) is 11.5 Å². The standard InChI is InChI=1S/C21H16N2O6S/c1-28-20(26)17-9-8-16(29-17)12-23-19(25)18(30-21(23)27)11-14-3-2-10-22(14)13-4-6-15(24)7-5-13/h2-11,24H,12H2,1H3. The minimum absolute atomic E-state index is 0.00161. The third kappa shape index (κ3) is 3.74. The largest absolute Gasteiger partial charge is 0.508 e. The van der Waals surface area contributed by atoms with Gasteiger partial charge in [-0.3, -0.25) is 14.5 Å². The summed E-state index contributed by atoms with van der Waals surface area (Å²) in [7, 11) is 1.24. The second kappa shape index (κ2) is 7.96. The summed E-state index contributed by atoms with van der Waals surface area (Å²) in [5.74, 6) is -0.625. The van der Waals surface area contributed by atoms with E-state index in [0.29, 0.717) is 11.5 Å². The Labute approximate surface area is 175 Å². The number of ether oxygens (including phenoxy) is 1. The van der Waals surface area contributed by atoms with Crippen LogP contribution in [-0.2, 0) is 16.1 Å². The summed E-state index contributed by atoms with van der Waals surface area (Å²) in [6.07, 6.45) is 3.46. The summed E-state index contributed by atoms with van der Waals surface area (Å²) in [6, 6.07) is 13.2. The average molecular weight is 424 g/mol. The number of carbonyl (C=O) groups excluding carboxylic acids is 3. The molecule has 1 aliphatic heterocycles. The number of amides is 2. The molecule has 2 amide bonds. The highest BCUT2D eigenvalue weighted by molar-refractivity contribution is 8.18. The molecule has 3 aromatic rings. The highest BCUT2D eigenvalue weighted by Gasteiger charge is 2.36. The maximum absolute atomic E-state index is 12.8. The molecule has 8 nitrogen and oxygen atoms in total. The van der Waals surface area contributed by atoms with E-state index in [0.717, 1.165) is 22.3 Å². The molecular weight excluding hydrogens is 408 g/mol. The van der Waals surface area contributed by atoms with Crippen molar-refractivity contribution in [3.63, 3.8) is 0 Å². The quantitative estimate of drug-likeness (QED) is 0.491. The average Bonchev–Trinajstić information content (AvgIpc) is 3.45. The molecule has 0 saturated carbocycles. The van der Waals surface area contributed by atoms with Crippen LogP contribution in [0.3, 0.4) is 0 Å². The van der Waals surface area contributed by atoms with Crippen molar-refractivity contribution in [3.05, 3.63) is 76.8 Å². The predicted molar refractivity (Wildman–Crippen MR) is 109 cm³/mol. The fourth-order valence-corrected chi connectivity index (χ4v) is 3.78. The zero-order valence-electron chi connectivity index (χ0n) is 15.8. The number of esters is 1. The molecule has 0 atom stereocenters. The summed E-state index contributed by atoms with van der Waals surface area (Å²) in [5, 5.41) is 9.04. The van der Waals surface area contributed by atoms with Gasteiger partial charge >= 0.3 is 5.97 Å². The van der Waals surface area contributed by atoms with Crippen LogP contribution in [0.5, 0.6) is 5.75 Å². The maximum atomic E-state index is 12.8. The van der Waals surface area contributed by atoms with Gasteiger partial charge in [0, 0.05) is 17.6 Å². The molecule has 30 heavy (non-hydrogen) atoms. The van der Waals surface area contributed by atoms with Gasteiger partial charge in [-0.2, -0.15) is 0 Å². The third-order valence-electron chi connectivity index (χ3n) is 4.42. The second-order valence-electron chi connectivity index (χ2n) is 6.34. The molecule has 0 radical (unpaired) electrons. The van der Waals surface area contributed by atoms with Gasteiger partial charge in [0.2, 0.25) is 5.76 Å². The van der Waals surface area contributed by atoms with Crippen molar-refractivity contribution in [2.75, 3.05) is 7.11 Å². The first-order valence-electron chi connectivity index (χ1n) is 8.85. The summed E-state index contributed by atoms with van der Waals surface area (Å²) in [5.41, 5.74) is 1.51. The zero-order valence-corrected chi connectivity index (χ0v) is 16.6. The van der Waals surface area contributed by atoms with Gasteiger partial charge in [0.05, 0.1) is 18.6 Å². The number of imide groups is 1. The van der Waals surface area contributed by atoms with Crippen molar-refractivity contribution in [2.45, 2.75) is 6.54 Å². The van der Waals surface area contributed by atoms with E-state index in [1.165, 1.54) is 19.2 Å². The molecule has 1 fully saturated rings. The first-order valence-corrected chi connectivity index (χ1v) is 9.67. The van der Waals surface area contributed by atoms with E-state index < -0.39 is 17.1 Å². The topological polar surface area (TPSA) is 102 Å². The van der Waals surface area contributed by atoms with Gasteiger partial charge < -0.3 is 18.8 Å². The number of carbonyl (C=O) groups is 3. The summed E-state index contributed by atoms with van der Waals surface area (Å²) in [6.45, 7) is -0.0853. The Morgan fingerprint density at radius 1 is 1.17 bits per heavy atom. The van der Waals surface area contributed by atoms with Crippen LogP contribution in [0.1, 0.15) is 22.0 Å². The highest BCUT2D eigenvalue weighted by atomic mass is 32.2. The molecule has 0 aliphatic carbocycles. The Morgan fingerprint density at radius 2 is 1.93 bits per heavy atom. The first kappa shape index (κ1) is 19.6. The molecule has 2 aromatic heterocycles. The number of aromatic hydroxyl groups is 1. The van der Waals surface area contributed by atoms with E-state index in [1.54, 1.807) is 30.3 Å². The highest BCUT2D eigenvalue weighted by Crippen LogP contribution is 2.34. The van der Waals surface area contributed by atoms with Crippen LogP contribution in [0.2, 0.25) is 0 Å². The number of phenols is 1. The smallest absolute Gasteiger partial charge is 0.373 e.